The summed E-state index contributed by atoms with van der Waals surface area (Å²) in [7, 11) is 1.62. The van der Waals surface area contributed by atoms with Crippen LogP contribution in [0.1, 0.15) is 29.5 Å². The van der Waals surface area contributed by atoms with Crippen LogP contribution in [0.2, 0.25) is 5.02 Å². The molecule has 0 bridgehead atoms. The molecule has 2 heterocycles. The molecule has 3 aromatic rings. The second-order valence-electron chi connectivity index (χ2n) is 10.8. The molecular weight excluding hydrogens is 538 g/mol. The molecule has 0 spiro atoms. The Bertz CT molecular complexity index is 1330. The maximum Gasteiger partial charge on any atom is 0.322 e. The number of aryl methyl sites for hydroxylation is 1. The summed E-state index contributed by atoms with van der Waals surface area (Å²) in [6.45, 7) is 7.81. The number of anilines is 3. The number of halogens is 1. The van der Waals surface area contributed by atoms with Crippen LogP contribution in [-0.4, -0.2) is 68.1 Å². The van der Waals surface area contributed by atoms with Gasteiger partial charge in [0.1, 0.15) is 5.75 Å². The summed E-state index contributed by atoms with van der Waals surface area (Å²) in [5, 5.41) is 6.60. The zero-order valence-corrected chi connectivity index (χ0v) is 24.5. The molecule has 0 unspecified atom stereocenters. The first-order chi connectivity index (χ1) is 19.9. The highest BCUT2D eigenvalue weighted by atomic mass is 35.5. The van der Waals surface area contributed by atoms with Gasteiger partial charge in [-0.25, -0.2) is 4.79 Å². The van der Waals surface area contributed by atoms with Crippen molar-refractivity contribution in [1.29, 1.82) is 0 Å². The zero-order chi connectivity index (χ0) is 28.8. The minimum Gasteiger partial charge on any atom is -0.497 e. The molecule has 2 fully saturated rings. The van der Waals surface area contributed by atoms with Gasteiger partial charge in [0.25, 0.3) is 0 Å². The SMILES string of the molecule is COc1ccc(CC(=O)Nc2ccc(N3CCN(C(=O)Nc4c(C)cc(CN5CCCC5)cc4Cl)CC3)cc2)cc1. The number of amides is 3. The van der Waals surface area contributed by atoms with Gasteiger partial charge in [-0.2, -0.15) is 0 Å². The third-order valence-corrected chi connectivity index (χ3v) is 8.09. The van der Waals surface area contributed by atoms with E-state index in [1.165, 1.54) is 18.4 Å². The fraction of sp³-hybridized carbons (Fsp3) is 0.375. The molecule has 0 aromatic heterocycles. The Morgan fingerprint density at radius 1 is 0.854 bits per heavy atom. The molecule has 5 rings (SSSR count). The lowest BCUT2D eigenvalue weighted by Crippen LogP contribution is -2.50. The molecule has 0 saturated carbocycles. The Hall–Kier alpha value is -3.75. The van der Waals surface area contributed by atoms with Crippen LogP contribution in [-0.2, 0) is 17.8 Å². The van der Waals surface area contributed by atoms with Crippen molar-refractivity contribution < 1.29 is 14.3 Å². The van der Waals surface area contributed by atoms with Crippen LogP contribution >= 0.6 is 11.6 Å². The summed E-state index contributed by atoms with van der Waals surface area (Å²) in [6.07, 6.45) is 2.80. The summed E-state index contributed by atoms with van der Waals surface area (Å²) < 4.78 is 5.17. The van der Waals surface area contributed by atoms with E-state index in [2.05, 4.69) is 26.5 Å². The van der Waals surface area contributed by atoms with E-state index in [9.17, 15) is 9.59 Å². The fourth-order valence-corrected chi connectivity index (χ4v) is 5.84. The van der Waals surface area contributed by atoms with Crippen molar-refractivity contribution in [3.05, 3.63) is 82.4 Å². The van der Waals surface area contributed by atoms with Crippen molar-refractivity contribution in [1.82, 2.24) is 9.80 Å². The molecule has 2 aliphatic heterocycles. The average molecular weight is 576 g/mol. The van der Waals surface area contributed by atoms with Gasteiger partial charge in [-0.1, -0.05) is 29.8 Å². The van der Waals surface area contributed by atoms with Crippen molar-refractivity contribution in [2.45, 2.75) is 32.7 Å². The molecule has 0 atom stereocenters. The van der Waals surface area contributed by atoms with Crippen LogP contribution in [0.3, 0.4) is 0 Å². The van der Waals surface area contributed by atoms with Crippen LogP contribution in [0, 0.1) is 6.92 Å². The lowest BCUT2D eigenvalue weighted by molar-refractivity contribution is -0.115. The van der Waals surface area contributed by atoms with Gasteiger partial charge in [0.15, 0.2) is 0 Å². The van der Waals surface area contributed by atoms with E-state index < -0.39 is 0 Å². The molecule has 3 amide bonds. The number of methoxy groups -OCH3 is 1. The molecular formula is C32H38ClN5O3. The number of nitrogens with zero attached hydrogens (tertiary/aromatic N) is 3. The first-order valence-electron chi connectivity index (χ1n) is 14.2. The molecule has 216 valence electrons. The highest BCUT2D eigenvalue weighted by Crippen LogP contribution is 2.29. The largest absolute Gasteiger partial charge is 0.497 e. The minimum absolute atomic E-state index is 0.0703. The van der Waals surface area contributed by atoms with Crippen molar-refractivity contribution in [3.8, 4) is 5.75 Å². The van der Waals surface area contributed by atoms with Crippen molar-refractivity contribution in [2.24, 2.45) is 0 Å². The van der Waals surface area contributed by atoms with E-state index in [1.807, 2.05) is 66.4 Å². The van der Waals surface area contributed by atoms with E-state index in [1.54, 1.807) is 7.11 Å². The van der Waals surface area contributed by atoms with E-state index in [0.29, 0.717) is 30.2 Å². The summed E-state index contributed by atoms with van der Waals surface area (Å²) >= 11 is 6.61. The standard InChI is InChI=1S/C32H38ClN5O3/c1-23-19-25(22-36-13-3-4-14-36)20-29(33)31(23)35-32(40)38-17-15-37(16-18-38)27-9-7-26(8-10-27)34-30(39)21-24-5-11-28(41-2)12-6-24/h5-12,19-20H,3-4,13-18,21-22H2,1-2H3,(H,34,39)(H,35,40). The lowest BCUT2D eigenvalue weighted by Gasteiger charge is -2.36. The predicted molar refractivity (Wildman–Crippen MR) is 165 cm³/mol. The summed E-state index contributed by atoms with van der Waals surface area (Å²) in [5.41, 5.74) is 5.59. The van der Waals surface area contributed by atoms with Gasteiger partial charge in [-0.05, 0) is 92.0 Å². The Morgan fingerprint density at radius 3 is 2.17 bits per heavy atom. The third-order valence-electron chi connectivity index (χ3n) is 7.79. The Morgan fingerprint density at radius 2 is 1.54 bits per heavy atom. The quantitative estimate of drug-likeness (QED) is 0.356. The monoisotopic (exact) mass is 575 g/mol. The first-order valence-corrected chi connectivity index (χ1v) is 14.6. The highest BCUT2D eigenvalue weighted by molar-refractivity contribution is 6.34. The average Bonchev–Trinajstić information content (AvgIpc) is 3.49. The topological polar surface area (TPSA) is 77.1 Å². The smallest absolute Gasteiger partial charge is 0.322 e. The number of nitrogens with one attached hydrogen (secondary N) is 2. The number of hydrogen-bond acceptors (Lipinski definition) is 5. The van der Waals surface area contributed by atoms with Gasteiger partial charge in [0.2, 0.25) is 5.91 Å². The van der Waals surface area contributed by atoms with Crippen LogP contribution in [0.5, 0.6) is 5.75 Å². The van der Waals surface area contributed by atoms with Gasteiger partial charge in [0, 0.05) is 44.1 Å². The van der Waals surface area contributed by atoms with Crippen LogP contribution in [0.15, 0.2) is 60.7 Å². The first kappa shape index (κ1) is 28.8. The Labute approximate surface area is 247 Å². The Balaban J connectivity index is 1.09. The number of benzene rings is 3. The van der Waals surface area contributed by atoms with Crippen LogP contribution < -0.4 is 20.3 Å². The summed E-state index contributed by atoms with van der Waals surface area (Å²) in [4.78, 5) is 32.1. The molecule has 0 radical (unpaired) electrons. The molecule has 3 aromatic carbocycles. The number of rotatable bonds is 8. The number of urea groups is 1. The molecule has 2 saturated heterocycles. The second-order valence-corrected chi connectivity index (χ2v) is 11.2. The van der Waals surface area contributed by atoms with Crippen molar-refractivity contribution in [3.63, 3.8) is 0 Å². The summed E-state index contributed by atoms with van der Waals surface area (Å²) in [6, 6.07) is 19.3. The van der Waals surface area contributed by atoms with Gasteiger partial charge in [0.05, 0.1) is 24.2 Å². The predicted octanol–water partition coefficient (Wildman–Crippen LogP) is 5.79. The molecule has 9 heteroatoms. The molecule has 41 heavy (non-hydrogen) atoms. The number of ether oxygens (including phenoxy) is 1. The molecule has 2 N–H and O–H groups in total. The summed E-state index contributed by atoms with van der Waals surface area (Å²) in [5.74, 6) is 0.697. The van der Waals surface area contributed by atoms with Crippen LogP contribution in [0.25, 0.3) is 0 Å². The van der Waals surface area contributed by atoms with E-state index in [-0.39, 0.29) is 11.9 Å². The maximum absolute atomic E-state index is 13.1. The number of hydrogen-bond donors (Lipinski definition) is 2. The van der Waals surface area contributed by atoms with Crippen LogP contribution in [0.4, 0.5) is 21.9 Å². The van der Waals surface area contributed by atoms with E-state index >= 15 is 0 Å². The number of piperazine rings is 1. The van der Waals surface area contributed by atoms with Crippen molar-refractivity contribution in [2.75, 3.05) is 61.9 Å². The number of carbonyl (C=O) groups is 2. The van der Waals surface area contributed by atoms with Gasteiger partial charge in [-0.15, -0.1) is 0 Å². The van der Waals surface area contributed by atoms with E-state index in [4.69, 9.17) is 16.3 Å². The third kappa shape index (κ3) is 7.51. The Kier molecular flexibility index (Phi) is 9.31. The lowest BCUT2D eigenvalue weighted by atomic mass is 10.1. The van der Waals surface area contributed by atoms with Gasteiger partial charge < -0.3 is 25.2 Å². The molecule has 2 aliphatic rings. The number of carbonyl (C=O) groups excluding carboxylic acids is 2. The zero-order valence-electron chi connectivity index (χ0n) is 23.8. The molecule has 0 aliphatic carbocycles. The highest BCUT2D eigenvalue weighted by Gasteiger charge is 2.23. The minimum atomic E-state index is -0.128. The maximum atomic E-state index is 13.1. The number of likely N-dealkylation sites (tertiary alicyclic amines) is 1. The fourth-order valence-electron chi connectivity index (χ4n) is 5.51. The van der Waals surface area contributed by atoms with Crippen molar-refractivity contribution >= 4 is 40.6 Å². The van der Waals surface area contributed by atoms with Gasteiger partial charge >= 0.3 is 6.03 Å². The molecule has 8 nitrogen and oxygen atoms in total. The second kappa shape index (κ2) is 13.3. The van der Waals surface area contributed by atoms with E-state index in [0.717, 1.165) is 61.0 Å². The van der Waals surface area contributed by atoms with Gasteiger partial charge in [-0.3, -0.25) is 9.69 Å². The normalized spacial score (nSPS) is 15.6.